The number of nitrogens with one attached hydrogen (secondary N) is 1. The van der Waals surface area contributed by atoms with Crippen LogP contribution in [0.5, 0.6) is 0 Å². The number of nitrogens with zero attached hydrogens (tertiary/aromatic N) is 5. The topological polar surface area (TPSA) is 104 Å². The van der Waals surface area contributed by atoms with E-state index in [2.05, 4.69) is 27.6 Å². The Hall–Kier alpha value is -2.00. The van der Waals surface area contributed by atoms with Gasteiger partial charge in [0.2, 0.25) is 11.8 Å². The van der Waals surface area contributed by atoms with Crippen molar-refractivity contribution in [1.82, 2.24) is 30.1 Å². The summed E-state index contributed by atoms with van der Waals surface area (Å²) >= 11 is 0. The Balaban J connectivity index is 1.61. The minimum atomic E-state index is -0.679. The standard InChI is InChI=1S/C19H30N6O3/c1-20-18(27)16-9-14(26)10-24(16)19(28)17(13-5-7-23(2)8-6-13)25-11-15(21-22-25)12-3-4-12/h11-14,16-17,26H,3-10H2,1-2H3,(H,20,27)/t14-,16+,17+/m1/s1. The Labute approximate surface area is 165 Å². The molecule has 3 fully saturated rings. The number of hydrogen-bond donors (Lipinski definition) is 2. The number of piperidine rings is 1. The molecule has 9 heteroatoms. The minimum absolute atomic E-state index is 0.132. The molecule has 28 heavy (non-hydrogen) atoms. The summed E-state index contributed by atoms with van der Waals surface area (Å²) in [6, 6.07) is -1.11. The van der Waals surface area contributed by atoms with Crippen LogP contribution < -0.4 is 5.32 Å². The van der Waals surface area contributed by atoms with Gasteiger partial charge >= 0.3 is 0 Å². The van der Waals surface area contributed by atoms with Crippen LogP contribution in [-0.2, 0) is 9.59 Å². The van der Waals surface area contributed by atoms with E-state index in [1.54, 1.807) is 16.6 Å². The Morgan fingerprint density at radius 3 is 2.61 bits per heavy atom. The van der Waals surface area contributed by atoms with E-state index in [-0.39, 0.29) is 30.7 Å². The molecule has 3 heterocycles. The number of amides is 2. The fourth-order valence-corrected chi connectivity index (χ4v) is 4.51. The largest absolute Gasteiger partial charge is 0.391 e. The molecule has 2 amide bonds. The molecule has 2 aliphatic heterocycles. The highest BCUT2D eigenvalue weighted by molar-refractivity contribution is 5.90. The lowest BCUT2D eigenvalue weighted by Gasteiger charge is -2.36. The van der Waals surface area contributed by atoms with E-state index in [1.165, 1.54) is 0 Å². The molecule has 2 N–H and O–H groups in total. The van der Waals surface area contributed by atoms with Crippen LogP contribution in [0.3, 0.4) is 0 Å². The number of aliphatic hydroxyl groups is 1. The van der Waals surface area contributed by atoms with E-state index in [9.17, 15) is 14.7 Å². The van der Waals surface area contributed by atoms with E-state index in [4.69, 9.17) is 0 Å². The number of β-amino-alcohol motifs (C(OH)–C–C–N with tert-alkyl or cyclic N) is 1. The third-order valence-corrected chi connectivity index (χ3v) is 6.38. The molecule has 0 unspecified atom stereocenters. The number of hydrogen-bond acceptors (Lipinski definition) is 6. The predicted octanol–water partition coefficient (Wildman–Crippen LogP) is -0.254. The van der Waals surface area contributed by atoms with Crippen molar-refractivity contribution in [2.45, 2.75) is 56.2 Å². The summed E-state index contributed by atoms with van der Waals surface area (Å²) in [5.74, 6) is 0.242. The van der Waals surface area contributed by atoms with Crippen molar-refractivity contribution >= 4 is 11.8 Å². The van der Waals surface area contributed by atoms with Crippen LogP contribution in [0, 0.1) is 5.92 Å². The second-order valence-corrected chi connectivity index (χ2v) is 8.49. The van der Waals surface area contributed by atoms with E-state index in [0.29, 0.717) is 5.92 Å². The number of rotatable bonds is 5. The quantitative estimate of drug-likeness (QED) is 0.718. The van der Waals surface area contributed by atoms with Gasteiger partial charge < -0.3 is 20.2 Å². The lowest BCUT2D eigenvalue weighted by Crippen LogP contribution is -2.49. The van der Waals surface area contributed by atoms with Crippen LogP contribution in [0.2, 0.25) is 0 Å². The zero-order chi connectivity index (χ0) is 19.8. The molecule has 154 valence electrons. The highest BCUT2D eigenvalue weighted by atomic mass is 16.3. The van der Waals surface area contributed by atoms with Crippen LogP contribution in [-0.4, -0.2) is 87.6 Å². The molecular formula is C19H30N6O3. The first-order valence-electron chi connectivity index (χ1n) is 10.3. The van der Waals surface area contributed by atoms with Gasteiger partial charge in [-0.05, 0) is 51.7 Å². The van der Waals surface area contributed by atoms with Crippen LogP contribution in [0.4, 0.5) is 0 Å². The van der Waals surface area contributed by atoms with Gasteiger partial charge in [0.05, 0.1) is 11.8 Å². The van der Waals surface area contributed by atoms with Gasteiger partial charge in [-0.1, -0.05) is 5.21 Å². The highest BCUT2D eigenvalue weighted by Crippen LogP contribution is 2.39. The third kappa shape index (κ3) is 3.77. The Bertz CT molecular complexity index is 725. The summed E-state index contributed by atoms with van der Waals surface area (Å²) in [4.78, 5) is 29.7. The molecule has 1 aromatic heterocycles. The normalized spacial score (nSPS) is 27.8. The van der Waals surface area contributed by atoms with Gasteiger partial charge in [0.15, 0.2) is 0 Å². The number of carbonyl (C=O) groups is 2. The van der Waals surface area contributed by atoms with Crippen LogP contribution in [0.1, 0.15) is 49.8 Å². The third-order valence-electron chi connectivity index (χ3n) is 6.38. The van der Waals surface area contributed by atoms with Crippen LogP contribution >= 0.6 is 0 Å². The second-order valence-electron chi connectivity index (χ2n) is 8.49. The smallest absolute Gasteiger partial charge is 0.248 e. The van der Waals surface area contributed by atoms with E-state index >= 15 is 0 Å². The minimum Gasteiger partial charge on any atom is -0.391 e. The van der Waals surface area contributed by atoms with Crippen molar-refractivity contribution in [2.24, 2.45) is 5.92 Å². The number of likely N-dealkylation sites (tertiary alicyclic amines) is 2. The molecule has 0 bridgehead atoms. The van der Waals surface area contributed by atoms with Crippen LogP contribution in [0.15, 0.2) is 6.20 Å². The SMILES string of the molecule is CNC(=O)[C@@H]1C[C@@H](O)CN1C(=O)[C@H](C1CCN(C)CC1)n1cc(C2CC2)nn1. The van der Waals surface area contributed by atoms with Gasteiger partial charge in [-0.2, -0.15) is 0 Å². The number of carbonyl (C=O) groups excluding carboxylic acids is 2. The Morgan fingerprint density at radius 1 is 1.25 bits per heavy atom. The summed E-state index contributed by atoms with van der Waals surface area (Å²) in [6.45, 7) is 2.05. The second kappa shape index (κ2) is 7.79. The van der Waals surface area contributed by atoms with E-state index in [0.717, 1.165) is 44.5 Å². The van der Waals surface area contributed by atoms with Gasteiger partial charge in [0.25, 0.3) is 0 Å². The first kappa shape index (κ1) is 19.3. The first-order valence-corrected chi connectivity index (χ1v) is 10.3. The van der Waals surface area contributed by atoms with Gasteiger partial charge in [-0.25, -0.2) is 4.68 Å². The maximum absolute atomic E-state index is 13.6. The molecule has 9 nitrogen and oxygen atoms in total. The van der Waals surface area contributed by atoms with Crippen molar-refractivity contribution < 1.29 is 14.7 Å². The molecule has 0 spiro atoms. The molecule has 1 aliphatic carbocycles. The average Bonchev–Trinajstić information content (AvgIpc) is 3.30. The molecule has 0 radical (unpaired) electrons. The molecule has 0 aromatic carbocycles. The number of aromatic nitrogens is 3. The molecule has 2 saturated heterocycles. The summed E-state index contributed by atoms with van der Waals surface area (Å²) < 4.78 is 1.72. The summed E-state index contributed by atoms with van der Waals surface area (Å²) in [7, 11) is 3.65. The first-order chi connectivity index (χ1) is 13.5. The summed E-state index contributed by atoms with van der Waals surface area (Å²) in [5, 5.41) is 21.4. The summed E-state index contributed by atoms with van der Waals surface area (Å²) in [5.41, 5.74) is 0.954. The zero-order valence-electron chi connectivity index (χ0n) is 16.6. The predicted molar refractivity (Wildman–Crippen MR) is 101 cm³/mol. The number of likely N-dealkylation sites (N-methyl/N-ethyl adjacent to an activating group) is 1. The van der Waals surface area contributed by atoms with Crippen molar-refractivity contribution in [3.8, 4) is 0 Å². The van der Waals surface area contributed by atoms with Crippen molar-refractivity contribution in [3.63, 3.8) is 0 Å². The Kier molecular flexibility index (Phi) is 5.37. The molecule has 3 aliphatic rings. The Morgan fingerprint density at radius 2 is 1.96 bits per heavy atom. The highest BCUT2D eigenvalue weighted by Gasteiger charge is 2.44. The summed E-state index contributed by atoms with van der Waals surface area (Å²) in [6.07, 6.45) is 5.56. The molecule has 1 saturated carbocycles. The van der Waals surface area contributed by atoms with Crippen LogP contribution in [0.25, 0.3) is 0 Å². The fourth-order valence-electron chi connectivity index (χ4n) is 4.51. The monoisotopic (exact) mass is 390 g/mol. The maximum atomic E-state index is 13.6. The average molecular weight is 390 g/mol. The lowest BCUT2D eigenvalue weighted by molar-refractivity contribution is -0.143. The van der Waals surface area contributed by atoms with Gasteiger partial charge in [0, 0.05) is 32.1 Å². The molecular weight excluding hydrogens is 360 g/mol. The lowest BCUT2D eigenvalue weighted by atomic mass is 9.88. The molecule has 1 aromatic rings. The maximum Gasteiger partial charge on any atom is 0.248 e. The van der Waals surface area contributed by atoms with Crippen molar-refractivity contribution in [3.05, 3.63) is 11.9 Å². The van der Waals surface area contributed by atoms with Gasteiger partial charge in [0.1, 0.15) is 12.1 Å². The van der Waals surface area contributed by atoms with E-state index in [1.807, 2.05) is 6.20 Å². The van der Waals surface area contributed by atoms with E-state index < -0.39 is 18.2 Å². The fraction of sp³-hybridized carbons (Fsp3) is 0.789. The number of aliphatic hydroxyl groups excluding tert-OH is 1. The van der Waals surface area contributed by atoms with Crippen molar-refractivity contribution in [2.75, 3.05) is 33.7 Å². The van der Waals surface area contributed by atoms with Crippen molar-refractivity contribution in [1.29, 1.82) is 0 Å². The van der Waals surface area contributed by atoms with Gasteiger partial charge in [-0.15, -0.1) is 5.10 Å². The zero-order valence-corrected chi connectivity index (χ0v) is 16.6. The molecule has 4 rings (SSSR count). The van der Waals surface area contributed by atoms with Gasteiger partial charge in [-0.3, -0.25) is 9.59 Å². The molecule has 3 atom stereocenters.